The van der Waals surface area contributed by atoms with Crippen LogP contribution in [0.15, 0.2) is 24.3 Å². The molecule has 0 heterocycles. The van der Waals surface area contributed by atoms with Crippen LogP contribution in [0, 0.1) is 0 Å². The molecule has 0 aliphatic rings. The quantitative estimate of drug-likeness (QED) is 0.745. The summed E-state index contributed by atoms with van der Waals surface area (Å²) in [6.07, 6.45) is 0. The number of nitrogens with zero attached hydrogens (tertiary/aromatic N) is 1. The first-order valence-corrected chi connectivity index (χ1v) is 6.48. The molecule has 1 atom stereocenters. The molecule has 0 amide bonds. The maximum atomic E-state index is 10.5. The van der Waals surface area contributed by atoms with Crippen molar-refractivity contribution in [1.29, 1.82) is 0 Å². The Kier molecular flexibility index (Phi) is 6.32. The third-order valence-electron chi connectivity index (χ3n) is 2.95. The largest absolute Gasteiger partial charge is 0.480 e. The van der Waals surface area contributed by atoms with Crippen molar-refractivity contribution in [2.75, 3.05) is 24.6 Å². The molecule has 106 valence electrons. The van der Waals surface area contributed by atoms with Gasteiger partial charge in [-0.15, -0.1) is 0 Å². The van der Waals surface area contributed by atoms with Gasteiger partial charge in [-0.05, 0) is 31.5 Å². The van der Waals surface area contributed by atoms with Crippen LogP contribution in [0.25, 0.3) is 0 Å². The molecule has 0 spiro atoms. The maximum Gasteiger partial charge on any atom is 0.322 e. The van der Waals surface area contributed by atoms with Gasteiger partial charge in [-0.3, -0.25) is 4.79 Å². The minimum atomic E-state index is -1.04. The van der Waals surface area contributed by atoms with Crippen LogP contribution in [0.1, 0.15) is 19.4 Å². The zero-order valence-corrected chi connectivity index (χ0v) is 11.5. The van der Waals surface area contributed by atoms with E-state index in [-0.39, 0.29) is 6.61 Å². The summed E-state index contributed by atoms with van der Waals surface area (Å²) in [5, 5.41) is 8.62. The summed E-state index contributed by atoms with van der Waals surface area (Å²) in [6.45, 7) is 6.58. The Labute approximate surface area is 114 Å². The number of carboxylic acid groups (broad SMARTS) is 1. The second-order valence-corrected chi connectivity index (χ2v) is 4.30. The maximum absolute atomic E-state index is 10.5. The van der Waals surface area contributed by atoms with Gasteiger partial charge in [0, 0.05) is 18.8 Å². The molecule has 0 aliphatic carbocycles. The molecule has 0 unspecified atom stereocenters. The topological polar surface area (TPSA) is 75.8 Å². The molecule has 5 heteroatoms. The SMILES string of the molecule is CCN(CC)c1ccc(COC[C@H](N)C(=O)O)cc1. The summed E-state index contributed by atoms with van der Waals surface area (Å²) < 4.78 is 5.28. The van der Waals surface area contributed by atoms with Crippen LogP contribution >= 0.6 is 0 Å². The van der Waals surface area contributed by atoms with E-state index in [1.807, 2.05) is 24.3 Å². The van der Waals surface area contributed by atoms with E-state index in [9.17, 15) is 4.79 Å². The van der Waals surface area contributed by atoms with Crippen molar-refractivity contribution in [3.63, 3.8) is 0 Å². The van der Waals surface area contributed by atoms with Crippen molar-refractivity contribution in [2.24, 2.45) is 5.73 Å². The first-order valence-electron chi connectivity index (χ1n) is 6.48. The molecule has 0 radical (unpaired) electrons. The van der Waals surface area contributed by atoms with Crippen LogP contribution in [-0.4, -0.2) is 36.8 Å². The Morgan fingerprint density at radius 2 is 1.89 bits per heavy atom. The van der Waals surface area contributed by atoms with Crippen molar-refractivity contribution >= 4 is 11.7 Å². The summed E-state index contributed by atoms with van der Waals surface area (Å²) in [5.41, 5.74) is 7.53. The van der Waals surface area contributed by atoms with Crippen LogP contribution < -0.4 is 10.6 Å². The third kappa shape index (κ3) is 4.89. The fourth-order valence-electron chi connectivity index (χ4n) is 1.77. The number of carbonyl (C=O) groups is 1. The molecule has 1 aromatic rings. The molecule has 1 rings (SSSR count). The number of nitrogens with two attached hydrogens (primary N) is 1. The highest BCUT2D eigenvalue weighted by Gasteiger charge is 2.11. The molecular weight excluding hydrogens is 244 g/mol. The molecule has 19 heavy (non-hydrogen) atoms. The van der Waals surface area contributed by atoms with Gasteiger partial charge < -0.3 is 20.5 Å². The van der Waals surface area contributed by atoms with Crippen LogP contribution in [-0.2, 0) is 16.1 Å². The number of hydrogen-bond donors (Lipinski definition) is 2. The number of anilines is 1. The van der Waals surface area contributed by atoms with E-state index in [0.29, 0.717) is 6.61 Å². The van der Waals surface area contributed by atoms with E-state index < -0.39 is 12.0 Å². The number of hydrogen-bond acceptors (Lipinski definition) is 4. The van der Waals surface area contributed by atoms with Gasteiger partial charge in [0.1, 0.15) is 6.04 Å². The zero-order chi connectivity index (χ0) is 14.3. The molecule has 0 aliphatic heterocycles. The normalized spacial score (nSPS) is 12.2. The van der Waals surface area contributed by atoms with Gasteiger partial charge in [0.25, 0.3) is 0 Å². The molecule has 0 bridgehead atoms. The Balaban J connectivity index is 2.46. The molecule has 0 saturated heterocycles. The standard InChI is InChI=1S/C14H22N2O3/c1-3-16(4-2)12-7-5-11(6-8-12)9-19-10-13(15)14(17)18/h5-8,13H,3-4,9-10,15H2,1-2H3,(H,17,18)/t13-/m0/s1. The zero-order valence-electron chi connectivity index (χ0n) is 11.5. The Morgan fingerprint density at radius 3 is 2.37 bits per heavy atom. The summed E-state index contributed by atoms with van der Waals surface area (Å²) in [4.78, 5) is 12.8. The van der Waals surface area contributed by atoms with E-state index >= 15 is 0 Å². The lowest BCUT2D eigenvalue weighted by atomic mass is 10.2. The smallest absolute Gasteiger partial charge is 0.322 e. The molecule has 1 aromatic carbocycles. The Hall–Kier alpha value is -1.59. The average molecular weight is 266 g/mol. The minimum absolute atomic E-state index is 0.0210. The predicted octanol–water partition coefficient (Wildman–Crippen LogP) is 1.46. The summed E-state index contributed by atoms with van der Waals surface area (Å²) in [7, 11) is 0. The van der Waals surface area contributed by atoms with E-state index in [2.05, 4.69) is 18.7 Å². The summed E-state index contributed by atoms with van der Waals surface area (Å²) >= 11 is 0. The van der Waals surface area contributed by atoms with Crippen molar-refractivity contribution in [3.8, 4) is 0 Å². The summed E-state index contributed by atoms with van der Waals surface area (Å²) in [6, 6.07) is 7.10. The van der Waals surface area contributed by atoms with Crippen molar-refractivity contribution < 1.29 is 14.6 Å². The summed E-state index contributed by atoms with van der Waals surface area (Å²) in [5.74, 6) is -1.04. The number of carboxylic acids is 1. The van der Waals surface area contributed by atoms with Gasteiger partial charge in [0.15, 0.2) is 0 Å². The average Bonchev–Trinajstić information content (AvgIpc) is 2.41. The van der Waals surface area contributed by atoms with E-state index in [0.717, 1.165) is 18.7 Å². The number of rotatable bonds is 8. The van der Waals surface area contributed by atoms with Crippen LogP contribution in [0.4, 0.5) is 5.69 Å². The lowest BCUT2D eigenvalue weighted by molar-refractivity contribution is -0.140. The van der Waals surface area contributed by atoms with Crippen LogP contribution in [0.5, 0.6) is 0 Å². The molecule has 0 aromatic heterocycles. The predicted molar refractivity (Wildman–Crippen MR) is 75.3 cm³/mol. The molecule has 0 saturated carbocycles. The Bertz CT molecular complexity index is 388. The van der Waals surface area contributed by atoms with Gasteiger partial charge >= 0.3 is 5.97 Å². The number of aliphatic carboxylic acids is 1. The highest BCUT2D eigenvalue weighted by molar-refractivity contribution is 5.73. The van der Waals surface area contributed by atoms with Gasteiger partial charge in [-0.2, -0.15) is 0 Å². The van der Waals surface area contributed by atoms with Crippen molar-refractivity contribution in [1.82, 2.24) is 0 Å². The van der Waals surface area contributed by atoms with Gasteiger partial charge in [-0.1, -0.05) is 12.1 Å². The highest BCUT2D eigenvalue weighted by Crippen LogP contribution is 2.15. The first-order chi connectivity index (χ1) is 9.08. The second-order valence-electron chi connectivity index (χ2n) is 4.30. The fraction of sp³-hybridized carbons (Fsp3) is 0.500. The van der Waals surface area contributed by atoms with E-state index in [4.69, 9.17) is 15.6 Å². The van der Waals surface area contributed by atoms with Crippen molar-refractivity contribution in [2.45, 2.75) is 26.5 Å². The first kappa shape index (κ1) is 15.5. The third-order valence-corrected chi connectivity index (χ3v) is 2.95. The van der Waals surface area contributed by atoms with Gasteiger partial charge in [0.05, 0.1) is 13.2 Å². The minimum Gasteiger partial charge on any atom is -0.480 e. The van der Waals surface area contributed by atoms with E-state index in [1.165, 1.54) is 5.69 Å². The molecule has 3 N–H and O–H groups in total. The molecular formula is C14H22N2O3. The van der Waals surface area contributed by atoms with Crippen molar-refractivity contribution in [3.05, 3.63) is 29.8 Å². The lowest BCUT2D eigenvalue weighted by Gasteiger charge is -2.21. The second kappa shape index (κ2) is 7.76. The Morgan fingerprint density at radius 1 is 1.32 bits per heavy atom. The van der Waals surface area contributed by atoms with Gasteiger partial charge in [-0.25, -0.2) is 0 Å². The molecule has 0 fully saturated rings. The fourth-order valence-corrected chi connectivity index (χ4v) is 1.77. The van der Waals surface area contributed by atoms with Crippen LogP contribution in [0.2, 0.25) is 0 Å². The lowest BCUT2D eigenvalue weighted by Crippen LogP contribution is -2.34. The van der Waals surface area contributed by atoms with Crippen LogP contribution in [0.3, 0.4) is 0 Å². The molecule has 5 nitrogen and oxygen atoms in total. The number of benzene rings is 1. The van der Waals surface area contributed by atoms with Gasteiger partial charge in [0.2, 0.25) is 0 Å². The number of ether oxygens (including phenoxy) is 1. The van der Waals surface area contributed by atoms with E-state index in [1.54, 1.807) is 0 Å². The monoisotopic (exact) mass is 266 g/mol. The highest BCUT2D eigenvalue weighted by atomic mass is 16.5.